The number of hydrogen-bond acceptors (Lipinski definition) is 5. The van der Waals surface area contributed by atoms with Crippen LogP contribution in [0.3, 0.4) is 0 Å². The molecule has 0 spiro atoms. The second kappa shape index (κ2) is 9.59. The summed E-state index contributed by atoms with van der Waals surface area (Å²) < 4.78 is 11.3. The number of anilines is 1. The van der Waals surface area contributed by atoms with Crippen LogP contribution in [0.15, 0.2) is 12.1 Å². The Hall–Kier alpha value is -2.09. The van der Waals surface area contributed by atoms with Crippen molar-refractivity contribution in [3.05, 3.63) is 44.3 Å². The minimum Gasteiger partial charge on any atom is -0.484 e. The summed E-state index contributed by atoms with van der Waals surface area (Å²) in [7, 11) is 0. The zero-order chi connectivity index (χ0) is 22.0. The van der Waals surface area contributed by atoms with Crippen LogP contribution in [0.2, 0.25) is 5.02 Å². The van der Waals surface area contributed by atoms with E-state index in [9.17, 15) is 9.59 Å². The van der Waals surface area contributed by atoms with Gasteiger partial charge in [-0.25, -0.2) is 0 Å². The molecule has 2 aliphatic rings. The van der Waals surface area contributed by atoms with Crippen LogP contribution in [-0.4, -0.2) is 37.7 Å². The average Bonchev–Trinajstić information content (AvgIpc) is 3.46. The predicted octanol–water partition coefficient (Wildman–Crippen LogP) is 4.43. The van der Waals surface area contributed by atoms with E-state index in [-0.39, 0.29) is 24.5 Å². The zero-order valence-electron chi connectivity index (χ0n) is 17.8. The van der Waals surface area contributed by atoms with Crippen molar-refractivity contribution < 1.29 is 19.1 Å². The molecular formula is C23H27ClN2O4S. The van der Waals surface area contributed by atoms with E-state index in [0.29, 0.717) is 27.9 Å². The van der Waals surface area contributed by atoms with Gasteiger partial charge in [0, 0.05) is 23.1 Å². The van der Waals surface area contributed by atoms with Crippen LogP contribution in [-0.2, 0) is 22.4 Å². The van der Waals surface area contributed by atoms with E-state index < -0.39 is 0 Å². The lowest BCUT2D eigenvalue weighted by molar-refractivity contribution is -0.118. The molecule has 31 heavy (non-hydrogen) atoms. The van der Waals surface area contributed by atoms with Gasteiger partial charge in [0.25, 0.3) is 11.8 Å². The summed E-state index contributed by atoms with van der Waals surface area (Å²) >= 11 is 7.69. The smallest absolute Gasteiger partial charge is 0.262 e. The third-order valence-corrected chi connectivity index (χ3v) is 7.50. The summed E-state index contributed by atoms with van der Waals surface area (Å²) in [4.78, 5) is 26.7. The molecule has 2 aromatic rings. The summed E-state index contributed by atoms with van der Waals surface area (Å²) in [6.07, 6.45) is 4.93. The number of nitrogens with one attached hydrogen (secondary N) is 2. The maximum Gasteiger partial charge on any atom is 0.262 e. The molecule has 1 saturated heterocycles. The number of carbonyl (C=O) groups excluding carboxylic acids is 2. The van der Waals surface area contributed by atoms with E-state index in [1.807, 2.05) is 26.0 Å². The Kier molecular flexibility index (Phi) is 6.84. The quantitative estimate of drug-likeness (QED) is 0.638. The largest absolute Gasteiger partial charge is 0.484 e. The average molecular weight is 463 g/mol. The van der Waals surface area contributed by atoms with E-state index in [1.54, 1.807) is 0 Å². The molecule has 1 aromatic heterocycles. The van der Waals surface area contributed by atoms with Crippen molar-refractivity contribution in [3.8, 4) is 5.75 Å². The van der Waals surface area contributed by atoms with Crippen molar-refractivity contribution in [2.24, 2.45) is 0 Å². The molecule has 1 aliphatic carbocycles. The van der Waals surface area contributed by atoms with Crippen LogP contribution in [0.4, 0.5) is 5.00 Å². The standard InChI is InChI=1S/C23H27ClN2O4S/c1-13-9-16(10-14(2)21(13)24)30-12-19(27)26-23-20(17-6-3-7-18(17)31-23)22(28)25-11-15-5-4-8-29-15/h9-10,15H,3-8,11-12H2,1-2H3,(H,25,28)(H,26,27)/t15-/m0/s1. The summed E-state index contributed by atoms with van der Waals surface area (Å²) in [6.45, 7) is 4.91. The fourth-order valence-corrected chi connectivity index (χ4v) is 5.55. The first-order valence-corrected chi connectivity index (χ1v) is 11.9. The van der Waals surface area contributed by atoms with Gasteiger partial charge in [-0.1, -0.05) is 11.6 Å². The Balaban J connectivity index is 1.41. The van der Waals surface area contributed by atoms with Gasteiger partial charge in [0.2, 0.25) is 0 Å². The molecule has 1 aromatic carbocycles. The van der Waals surface area contributed by atoms with Crippen LogP contribution in [0, 0.1) is 13.8 Å². The Morgan fingerprint density at radius 3 is 2.71 bits per heavy atom. The van der Waals surface area contributed by atoms with Crippen molar-refractivity contribution >= 4 is 39.8 Å². The number of benzene rings is 1. The maximum absolute atomic E-state index is 13.0. The van der Waals surface area contributed by atoms with Gasteiger partial charge in [-0.05, 0) is 74.8 Å². The van der Waals surface area contributed by atoms with Gasteiger partial charge in [0.05, 0.1) is 11.7 Å². The number of rotatable bonds is 7. The first-order valence-electron chi connectivity index (χ1n) is 10.7. The third kappa shape index (κ3) is 5.05. The highest BCUT2D eigenvalue weighted by Crippen LogP contribution is 2.39. The first-order chi connectivity index (χ1) is 14.9. The number of hydrogen-bond donors (Lipinski definition) is 2. The molecule has 1 aliphatic heterocycles. The van der Waals surface area contributed by atoms with Crippen LogP contribution < -0.4 is 15.4 Å². The lowest BCUT2D eigenvalue weighted by Gasteiger charge is -2.13. The molecule has 2 amide bonds. The minimum absolute atomic E-state index is 0.0772. The second-order valence-corrected chi connectivity index (χ2v) is 9.60. The van der Waals surface area contributed by atoms with Crippen molar-refractivity contribution in [2.45, 2.75) is 52.1 Å². The second-order valence-electron chi connectivity index (χ2n) is 8.11. The monoisotopic (exact) mass is 462 g/mol. The van der Waals surface area contributed by atoms with Gasteiger partial charge in [0.1, 0.15) is 10.8 Å². The molecule has 1 fully saturated rings. The normalized spacial score (nSPS) is 17.5. The summed E-state index contributed by atoms with van der Waals surface area (Å²) in [5.74, 6) is 0.158. The highest BCUT2D eigenvalue weighted by atomic mass is 35.5. The van der Waals surface area contributed by atoms with Gasteiger partial charge < -0.3 is 20.1 Å². The number of thiophene rings is 1. The Labute approximate surface area is 191 Å². The van der Waals surface area contributed by atoms with Gasteiger partial charge in [0.15, 0.2) is 6.61 Å². The van der Waals surface area contributed by atoms with Gasteiger partial charge >= 0.3 is 0 Å². The van der Waals surface area contributed by atoms with Crippen LogP contribution in [0.5, 0.6) is 5.75 Å². The van der Waals surface area contributed by atoms with E-state index in [2.05, 4.69) is 10.6 Å². The van der Waals surface area contributed by atoms with E-state index in [0.717, 1.165) is 55.4 Å². The molecule has 4 rings (SSSR count). The maximum atomic E-state index is 13.0. The fourth-order valence-electron chi connectivity index (χ4n) is 4.13. The lowest BCUT2D eigenvalue weighted by Crippen LogP contribution is -2.32. The molecule has 1 atom stereocenters. The third-order valence-electron chi connectivity index (χ3n) is 5.70. The number of ether oxygens (including phenoxy) is 2. The molecule has 166 valence electrons. The van der Waals surface area contributed by atoms with Crippen molar-refractivity contribution in [2.75, 3.05) is 25.1 Å². The van der Waals surface area contributed by atoms with Crippen molar-refractivity contribution in [1.82, 2.24) is 5.32 Å². The first kappa shape index (κ1) is 22.1. The topological polar surface area (TPSA) is 76.7 Å². The van der Waals surface area contributed by atoms with Gasteiger partial charge in [-0.15, -0.1) is 11.3 Å². The highest BCUT2D eigenvalue weighted by Gasteiger charge is 2.28. The molecule has 2 N–H and O–H groups in total. The van der Waals surface area contributed by atoms with Crippen LogP contribution >= 0.6 is 22.9 Å². The fraction of sp³-hybridized carbons (Fsp3) is 0.478. The molecule has 0 saturated carbocycles. The predicted molar refractivity (Wildman–Crippen MR) is 123 cm³/mol. The lowest BCUT2D eigenvalue weighted by atomic mass is 10.1. The Bertz CT molecular complexity index is 975. The molecule has 8 heteroatoms. The van der Waals surface area contributed by atoms with Gasteiger partial charge in [-0.2, -0.15) is 0 Å². The molecule has 0 radical (unpaired) electrons. The molecule has 6 nitrogen and oxygen atoms in total. The van der Waals surface area contributed by atoms with Crippen LogP contribution in [0.1, 0.15) is 51.2 Å². The number of amides is 2. The van der Waals surface area contributed by atoms with E-state index >= 15 is 0 Å². The highest BCUT2D eigenvalue weighted by molar-refractivity contribution is 7.17. The number of aryl methyl sites for hydroxylation is 3. The van der Waals surface area contributed by atoms with Gasteiger partial charge in [-0.3, -0.25) is 9.59 Å². The van der Waals surface area contributed by atoms with Crippen LogP contribution in [0.25, 0.3) is 0 Å². The molecule has 0 bridgehead atoms. The summed E-state index contributed by atoms with van der Waals surface area (Å²) in [5.41, 5.74) is 3.46. The van der Waals surface area contributed by atoms with Crippen molar-refractivity contribution in [1.29, 1.82) is 0 Å². The molecule has 2 heterocycles. The van der Waals surface area contributed by atoms with Crippen molar-refractivity contribution in [3.63, 3.8) is 0 Å². The Morgan fingerprint density at radius 1 is 1.23 bits per heavy atom. The number of carbonyl (C=O) groups is 2. The molecule has 0 unspecified atom stereocenters. The SMILES string of the molecule is Cc1cc(OCC(=O)Nc2sc3c(c2C(=O)NC[C@@H]2CCCO2)CCC3)cc(C)c1Cl. The summed E-state index contributed by atoms with van der Waals surface area (Å²) in [5, 5.41) is 7.19. The number of halogens is 1. The summed E-state index contributed by atoms with van der Waals surface area (Å²) in [6, 6.07) is 3.62. The minimum atomic E-state index is -0.293. The van der Waals surface area contributed by atoms with E-state index in [4.69, 9.17) is 21.1 Å². The Morgan fingerprint density at radius 2 is 2.00 bits per heavy atom. The number of fused-ring (bicyclic) bond motifs is 1. The zero-order valence-corrected chi connectivity index (χ0v) is 19.4. The van der Waals surface area contributed by atoms with E-state index in [1.165, 1.54) is 16.2 Å². The molecular weight excluding hydrogens is 436 g/mol.